The highest BCUT2D eigenvalue weighted by molar-refractivity contribution is 9.10. The van der Waals surface area contributed by atoms with Crippen LogP contribution in [0, 0.1) is 5.41 Å². The van der Waals surface area contributed by atoms with Gasteiger partial charge in [0.05, 0.1) is 5.02 Å². The number of hydrogen-bond acceptors (Lipinski definition) is 2. The van der Waals surface area contributed by atoms with E-state index >= 15 is 0 Å². The Kier molecular flexibility index (Phi) is 7.17. The van der Waals surface area contributed by atoms with Crippen LogP contribution in [-0.2, 0) is 11.2 Å². The number of carbonyl (C=O) groups is 1. The predicted molar refractivity (Wildman–Crippen MR) is 107 cm³/mol. The third-order valence-corrected chi connectivity index (χ3v) is 4.67. The van der Waals surface area contributed by atoms with Crippen molar-refractivity contribution in [1.29, 1.82) is 0 Å². The van der Waals surface area contributed by atoms with Gasteiger partial charge in [-0.2, -0.15) is 0 Å². The second-order valence-corrected chi connectivity index (χ2v) is 8.37. The monoisotopic (exact) mass is 443 g/mol. The average Bonchev–Trinajstić information content (AvgIpc) is 2.54. The molecular formula is C19H20BrCl2NO2. The molecule has 6 heteroatoms. The molecular weight excluding hydrogens is 425 g/mol. The van der Waals surface area contributed by atoms with E-state index in [-0.39, 0.29) is 17.9 Å². The van der Waals surface area contributed by atoms with Gasteiger partial charge in [0.1, 0.15) is 5.75 Å². The second-order valence-electron chi connectivity index (χ2n) is 6.61. The van der Waals surface area contributed by atoms with Gasteiger partial charge in [-0.1, -0.05) is 65.1 Å². The maximum absolute atomic E-state index is 12.0. The molecule has 1 N–H and O–H groups in total. The van der Waals surface area contributed by atoms with Gasteiger partial charge in [0.25, 0.3) is 5.91 Å². The third-order valence-electron chi connectivity index (χ3n) is 3.61. The van der Waals surface area contributed by atoms with E-state index in [2.05, 4.69) is 47.2 Å². The number of hydrogen-bond donors (Lipinski definition) is 1. The fraction of sp³-hybridized carbons (Fsp3) is 0.316. The number of ether oxygens (including phenoxy) is 1. The number of carbonyl (C=O) groups excluding carboxylic acids is 1. The molecule has 0 saturated carbocycles. The Labute approximate surface area is 166 Å². The number of benzene rings is 2. The highest BCUT2D eigenvalue weighted by Gasteiger charge is 2.20. The van der Waals surface area contributed by atoms with Gasteiger partial charge in [-0.05, 0) is 47.7 Å². The summed E-state index contributed by atoms with van der Waals surface area (Å²) in [7, 11) is 0. The van der Waals surface area contributed by atoms with Crippen LogP contribution >= 0.6 is 39.1 Å². The molecule has 0 fully saturated rings. The summed E-state index contributed by atoms with van der Waals surface area (Å²) in [5.74, 6) is 0.255. The van der Waals surface area contributed by atoms with Crippen molar-refractivity contribution in [3.8, 4) is 5.75 Å². The van der Waals surface area contributed by atoms with Crippen molar-refractivity contribution in [2.75, 3.05) is 13.2 Å². The zero-order chi connectivity index (χ0) is 18.4. The number of nitrogens with one attached hydrogen (secondary N) is 1. The van der Waals surface area contributed by atoms with Gasteiger partial charge in [-0.25, -0.2) is 0 Å². The van der Waals surface area contributed by atoms with Gasteiger partial charge in [0.2, 0.25) is 0 Å². The van der Waals surface area contributed by atoms with E-state index in [0.717, 1.165) is 10.9 Å². The molecule has 0 bridgehead atoms. The predicted octanol–water partition coefficient (Wildman–Crippen LogP) is 5.52. The lowest BCUT2D eigenvalue weighted by Crippen LogP contribution is -2.37. The average molecular weight is 445 g/mol. The molecule has 0 aliphatic rings. The number of amides is 1. The van der Waals surface area contributed by atoms with Gasteiger partial charge < -0.3 is 10.1 Å². The normalized spacial score (nSPS) is 11.2. The first kappa shape index (κ1) is 20.1. The summed E-state index contributed by atoms with van der Waals surface area (Å²) in [6.45, 7) is 4.70. The summed E-state index contributed by atoms with van der Waals surface area (Å²) in [5.41, 5.74) is 1.16. The van der Waals surface area contributed by atoms with E-state index in [1.54, 1.807) is 18.2 Å². The smallest absolute Gasteiger partial charge is 0.257 e. The molecule has 0 aromatic heterocycles. The van der Waals surface area contributed by atoms with Gasteiger partial charge in [0.15, 0.2) is 6.61 Å². The minimum atomic E-state index is -0.185. The first-order valence-corrected chi connectivity index (χ1v) is 9.39. The summed E-state index contributed by atoms with van der Waals surface area (Å²) < 4.78 is 6.50. The van der Waals surface area contributed by atoms with Crippen molar-refractivity contribution in [2.45, 2.75) is 20.3 Å². The lowest BCUT2D eigenvalue weighted by atomic mass is 9.85. The Hall–Kier alpha value is -1.23. The second kappa shape index (κ2) is 8.93. The zero-order valence-corrected chi connectivity index (χ0v) is 17.2. The molecule has 1 amide bonds. The third kappa shape index (κ3) is 6.89. The molecule has 0 aliphatic carbocycles. The highest BCUT2D eigenvalue weighted by atomic mass is 79.9. The summed E-state index contributed by atoms with van der Waals surface area (Å²) in [6.07, 6.45) is 0.866. The number of halogens is 3. The Morgan fingerprint density at radius 3 is 2.48 bits per heavy atom. The fourth-order valence-corrected chi connectivity index (χ4v) is 3.07. The Bertz CT molecular complexity index is 733. The van der Waals surface area contributed by atoms with Gasteiger partial charge in [-0.15, -0.1) is 0 Å². The topological polar surface area (TPSA) is 38.3 Å². The highest BCUT2D eigenvalue weighted by Crippen LogP contribution is 2.27. The van der Waals surface area contributed by atoms with Crippen LogP contribution in [0.2, 0.25) is 10.0 Å². The van der Waals surface area contributed by atoms with Gasteiger partial charge in [0, 0.05) is 16.0 Å². The quantitative estimate of drug-likeness (QED) is 0.610. The van der Waals surface area contributed by atoms with Crippen molar-refractivity contribution in [2.24, 2.45) is 5.41 Å². The number of rotatable bonds is 7. The molecule has 0 radical (unpaired) electrons. The lowest BCUT2D eigenvalue weighted by Gasteiger charge is -2.25. The maximum Gasteiger partial charge on any atom is 0.257 e. The molecule has 0 heterocycles. The van der Waals surface area contributed by atoms with E-state index in [4.69, 9.17) is 27.9 Å². The fourth-order valence-electron chi connectivity index (χ4n) is 2.34. The van der Waals surface area contributed by atoms with E-state index in [9.17, 15) is 4.79 Å². The van der Waals surface area contributed by atoms with Gasteiger partial charge in [-0.3, -0.25) is 4.79 Å². The molecule has 2 aromatic rings. The van der Waals surface area contributed by atoms with Crippen molar-refractivity contribution in [3.63, 3.8) is 0 Å². The summed E-state index contributed by atoms with van der Waals surface area (Å²) in [4.78, 5) is 12.0. The van der Waals surface area contributed by atoms with Crippen molar-refractivity contribution >= 4 is 45.0 Å². The van der Waals surface area contributed by atoms with Crippen molar-refractivity contribution in [1.82, 2.24) is 5.32 Å². The van der Waals surface area contributed by atoms with E-state index < -0.39 is 0 Å². The minimum absolute atomic E-state index is 0.0680. The molecule has 25 heavy (non-hydrogen) atoms. The van der Waals surface area contributed by atoms with Crippen LogP contribution in [0.5, 0.6) is 5.75 Å². The van der Waals surface area contributed by atoms with Crippen LogP contribution in [0.15, 0.2) is 46.9 Å². The summed E-state index contributed by atoms with van der Waals surface area (Å²) >= 11 is 15.3. The maximum atomic E-state index is 12.0. The molecule has 3 nitrogen and oxygen atoms in total. The van der Waals surface area contributed by atoms with E-state index in [0.29, 0.717) is 22.3 Å². The Morgan fingerprint density at radius 2 is 1.84 bits per heavy atom. The first-order valence-electron chi connectivity index (χ1n) is 7.84. The Balaban J connectivity index is 1.80. The van der Waals surface area contributed by atoms with Crippen LogP contribution in [-0.4, -0.2) is 19.1 Å². The molecule has 0 unspecified atom stereocenters. The zero-order valence-electron chi connectivity index (χ0n) is 14.1. The lowest BCUT2D eigenvalue weighted by molar-refractivity contribution is -0.123. The molecule has 2 rings (SSSR count). The molecule has 0 aliphatic heterocycles. The van der Waals surface area contributed by atoms with Crippen LogP contribution in [0.3, 0.4) is 0 Å². The van der Waals surface area contributed by atoms with Crippen LogP contribution < -0.4 is 10.1 Å². The summed E-state index contributed by atoms with van der Waals surface area (Å²) in [5, 5.41) is 3.82. The minimum Gasteiger partial charge on any atom is -0.482 e. The van der Waals surface area contributed by atoms with Crippen molar-refractivity contribution in [3.05, 3.63) is 62.5 Å². The Morgan fingerprint density at radius 1 is 1.16 bits per heavy atom. The first-order chi connectivity index (χ1) is 11.7. The van der Waals surface area contributed by atoms with Crippen LogP contribution in [0.25, 0.3) is 0 Å². The molecule has 0 saturated heterocycles. The van der Waals surface area contributed by atoms with Gasteiger partial charge >= 0.3 is 0 Å². The SMILES string of the molecule is CC(C)(CNC(=O)COc1ccc(Cl)cc1Cl)Cc1ccc(Br)cc1. The van der Waals surface area contributed by atoms with Crippen LogP contribution in [0.4, 0.5) is 0 Å². The molecule has 2 aromatic carbocycles. The van der Waals surface area contributed by atoms with E-state index in [1.807, 2.05) is 12.1 Å². The standard InChI is InChI=1S/C19H20BrCl2NO2/c1-19(2,10-13-3-5-14(20)6-4-13)12-23-18(24)11-25-17-8-7-15(21)9-16(17)22/h3-9H,10-12H2,1-2H3,(H,23,24). The van der Waals surface area contributed by atoms with Crippen LogP contribution in [0.1, 0.15) is 19.4 Å². The van der Waals surface area contributed by atoms with Crippen molar-refractivity contribution < 1.29 is 9.53 Å². The van der Waals surface area contributed by atoms with E-state index in [1.165, 1.54) is 5.56 Å². The molecule has 0 spiro atoms. The molecule has 0 atom stereocenters. The largest absolute Gasteiger partial charge is 0.482 e. The summed E-state index contributed by atoms with van der Waals surface area (Å²) in [6, 6.07) is 13.1. The molecule has 134 valence electrons.